The van der Waals surface area contributed by atoms with Crippen LogP contribution < -0.4 is 0 Å². The molecule has 0 aliphatic heterocycles. The van der Waals surface area contributed by atoms with E-state index < -0.39 is 0 Å². The molecule has 0 N–H and O–H groups in total. The van der Waals surface area contributed by atoms with E-state index in [0.29, 0.717) is 0 Å². The monoisotopic (exact) mass is 346 g/mol. The molecule has 10 radical (unpaired) electrons. The van der Waals surface area contributed by atoms with Gasteiger partial charge in [0.1, 0.15) is 0 Å². The van der Waals surface area contributed by atoms with E-state index in [4.69, 9.17) is 45.8 Å². The van der Waals surface area contributed by atoms with Crippen molar-refractivity contribution in [2.24, 2.45) is 0 Å². The van der Waals surface area contributed by atoms with Gasteiger partial charge in [0.2, 0.25) is 0 Å². The van der Waals surface area contributed by atoms with Crippen LogP contribution in [0.3, 0.4) is 0 Å². The summed E-state index contributed by atoms with van der Waals surface area (Å²) >= 11 is 22.0. The van der Waals surface area contributed by atoms with Crippen LogP contribution in [0.15, 0.2) is 0 Å². The molecule has 0 aromatic rings. The Balaban J connectivity index is 0.000000284. The second kappa shape index (κ2) is 10.6. The quantitative estimate of drug-likeness (QED) is 0.667. The zero-order valence-electron chi connectivity index (χ0n) is 8.64. The summed E-state index contributed by atoms with van der Waals surface area (Å²) in [4.78, 5) is 0. The Bertz CT molecular complexity index is 163. The summed E-state index contributed by atoms with van der Waals surface area (Å²) in [7, 11) is 0. The van der Waals surface area contributed by atoms with E-state index >= 15 is 0 Å². The second-order valence-electron chi connectivity index (χ2n) is 3.04. The fraction of sp³-hybridized carbons (Fsp3) is 0. The summed E-state index contributed by atoms with van der Waals surface area (Å²) in [6.07, 6.45) is 15.2. The molecule has 0 spiro atoms. The first-order chi connectivity index (χ1) is 7.61. The molecule has 17 heavy (non-hydrogen) atoms. The Morgan fingerprint density at radius 2 is 0.824 bits per heavy atom. The average molecular weight is 347 g/mol. The molecule has 0 saturated heterocycles. The van der Waals surface area contributed by atoms with Gasteiger partial charge in [0.05, 0.1) is 0 Å². The van der Waals surface area contributed by atoms with Gasteiger partial charge in [0.15, 0.2) is 0 Å². The van der Waals surface area contributed by atoms with Crippen LogP contribution >= 0.6 is 45.8 Å². The molecule has 0 atom stereocenters. The van der Waals surface area contributed by atoms with Gasteiger partial charge in [-0.25, -0.2) is 0 Å². The molecule has 0 amide bonds. The van der Waals surface area contributed by atoms with E-state index in [1.54, 1.807) is 0 Å². The minimum atomic E-state index is -0.370. The molecule has 2 rings (SSSR count). The molecule has 90 valence electrons. The molecule has 0 nitrogen and oxygen atoms in total. The van der Waals surface area contributed by atoms with Crippen molar-refractivity contribution >= 4 is 56.9 Å². The summed E-state index contributed by atoms with van der Waals surface area (Å²) in [5, 5.41) is 0. The first kappa shape index (κ1) is 18.8. The Labute approximate surface area is 136 Å². The number of halogens is 4. The minimum absolute atomic E-state index is 0. The zero-order chi connectivity index (χ0) is 12.0. The van der Waals surface area contributed by atoms with Gasteiger partial charge in [-0.15, -0.1) is 0 Å². The average Bonchev–Trinajstić information content (AvgIpc) is 2.93. The van der Waals surface area contributed by atoms with Crippen molar-refractivity contribution in [3.8, 4) is 0 Å². The van der Waals surface area contributed by atoms with Crippen molar-refractivity contribution in [3.05, 3.63) is 63.0 Å². The van der Waals surface area contributed by atoms with Crippen LogP contribution in [-0.2, 0) is 17.1 Å². The van der Waals surface area contributed by atoms with Crippen LogP contribution in [0, 0.1) is 63.0 Å². The predicted molar refractivity (Wildman–Crippen MR) is 75.8 cm³/mol. The molecule has 0 heterocycles. The summed E-state index contributed by atoms with van der Waals surface area (Å²) in [6, 6.07) is 0. The normalized spacial score (nSPS) is 20.5. The van der Waals surface area contributed by atoms with E-state index in [1.165, 1.54) is 0 Å². The summed E-state index contributed by atoms with van der Waals surface area (Å²) < 4.78 is 0. The van der Waals surface area contributed by atoms with Crippen LogP contribution in [0.4, 0.5) is 0 Å². The molecule has 2 saturated carbocycles. The Hall–Kier alpha value is 1.81. The number of hydrogen-bond acceptors (Lipinski definition) is 0. The van der Waals surface area contributed by atoms with Gasteiger partial charge in [-0.05, 0) is 63.0 Å². The van der Waals surface area contributed by atoms with E-state index in [9.17, 15) is 0 Å². The van der Waals surface area contributed by atoms with Gasteiger partial charge in [-0.1, -0.05) is 0 Å². The molecular weight excluding hydrogens is 339 g/mol. The van der Waals surface area contributed by atoms with Crippen molar-refractivity contribution in [2.75, 3.05) is 0 Å². The van der Waals surface area contributed by atoms with E-state index in [2.05, 4.69) is 0 Å². The third-order valence-electron chi connectivity index (χ3n) is 1.88. The SMILES string of the molecule is ClB(Cl)[C]1[CH][CH][CH][CH]1.ClB(Cl)[C]1[CH][CH][CH][CH]1.[Fe]. The summed E-state index contributed by atoms with van der Waals surface area (Å²) in [5.74, 6) is 1.93. The minimum Gasteiger partial charge on any atom is -0.171 e. The van der Waals surface area contributed by atoms with Crippen LogP contribution in [0.5, 0.6) is 0 Å². The fourth-order valence-electron chi connectivity index (χ4n) is 1.07. The number of rotatable bonds is 2. The van der Waals surface area contributed by atoms with Crippen molar-refractivity contribution in [1.29, 1.82) is 0 Å². The molecule has 0 aromatic carbocycles. The largest absolute Gasteiger partial charge is 0.358 e. The van der Waals surface area contributed by atoms with Gasteiger partial charge < -0.3 is 0 Å². The van der Waals surface area contributed by atoms with Gasteiger partial charge >= 0.3 is 11.1 Å². The summed E-state index contributed by atoms with van der Waals surface area (Å²) in [6.45, 7) is 0. The van der Waals surface area contributed by atoms with Crippen LogP contribution in [0.2, 0.25) is 0 Å². The predicted octanol–water partition coefficient (Wildman–Crippen LogP) is 3.79. The first-order valence-corrected chi connectivity index (χ1v) is 6.35. The van der Waals surface area contributed by atoms with Gasteiger partial charge in [0, 0.05) is 17.1 Å². The standard InChI is InChI=1S/2C5H4BCl2.Fe/c2*7-6(8)5-3-1-2-4-5;/h2*1-4H;. The summed E-state index contributed by atoms with van der Waals surface area (Å²) in [5.41, 5.74) is -0.741. The van der Waals surface area contributed by atoms with Crippen molar-refractivity contribution < 1.29 is 17.1 Å². The Kier molecular flexibility index (Phi) is 11.7. The maximum absolute atomic E-state index is 5.51. The number of hydrogen-bond donors (Lipinski definition) is 0. The third-order valence-corrected chi connectivity index (χ3v) is 2.89. The van der Waals surface area contributed by atoms with Crippen molar-refractivity contribution in [2.45, 2.75) is 0 Å². The Morgan fingerprint density at radius 1 is 0.588 bits per heavy atom. The maximum Gasteiger partial charge on any atom is 0.358 e. The molecular formula is C10H8B2Cl4Fe. The molecule has 0 aromatic heterocycles. The second-order valence-corrected chi connectivity index (χ2v) is 5.23. The van der Waals surface area contributed by atoms with Crippen LogP contribution in [0.1, 0.15) is 0 Å². The van der Waals surface area contributed by atoms with E-state index in [1.807, 2.05) is 51.4 Å². The smallest absolute Gasteiger partial charge is 0.171 e. The Morgan fingerprint density at radius 3 is 0.941 bits per heavy atom. The molecule has 0 unspecified atom stereocenters. The zero-order valence-corrected chi connectivity index (χ0v) is 12.8. The molecule has 2 fully saturated rings. The topological polar surface area (TPSA) is 0 Å². The van der Waals surface area contributed by atoms with Crippen molar-refractivity contribution in [3.63, 3.8) is 0 Å². The maximum atomic E-state index is 5.51. The molecule has 7 heteroatoms. The van der Waals surface area contributed by atoms with Crippen LogP contribution in [0.25, 0.3) is 0 Å². The van der Waals surface area contributed by atoms with Gasteiger partial charge in [-0.3, -0.25) is 0 Å². The van der Waals surface area contributed by atoms with E-state index in [-0.39, 0.29) is 28.2 Å². The van der Waals surface area contributed by atoms with Gasteiger partial charge in [0.25, 0.3) is 0 Å². The first-order valence-electron chi connectivity index (χ1n) is 4.60. The van der Waals surface area contributed by atoms with Gasteiger partial charge in [-0.2, -0.15) is 45.8 Å². The molecule has 0 bridgehead atoms. The van der Waals surface area contributed by atoms with Crippen molar-refractivity contribution in [1.82, 2.24) is 0 Å². The fourth-order valence-corrected chi connectivity index (χ4v) is 1.65. The molecule has 2 aliphatic carbocycles. The van der Waals surface area contributed by atoms with E-state index in [0.717, 1.165) is 11.6 Å². The third kappa shape index (κ3) is 7.85. The van der Waals surface area contributed by atoms with Crippen LogP contribution in [-0.4, -0.2) is 11.1 Å². The molecule has 2 aliphatic rings.